The first kappa shape index (κ1) is 15.7. The number of nitrogens with one attached hydrogen (secondary N) is 1. The highest BCUT2D eigenvalue weighted by Crippen LogP contribution is 2.12. The molecule has 1 N–H and O–H groups in total. The van der Waals surface area contributed by atoms with Crippen LogP contribution < -0.4 is 5.32 Å². The van der Waals surface area contributed by atoms with E-state index in [2.05, 4.69) is 67.4 Å². The van der Waals surface area contributed by atoms with Crippen LogP contribution in [0.25, 0.3) is 5.69 Å². The topological polar surface area (TPSA) is 42.7 Å². The molecule has 1 heterocycles. The lowest BCUT2D eigenvalue weighted by Gasteiger charge is -2.09. The van der Waals surface area contributed by atoms with Crippen LogP contribution in [0.5, 0.6) is 0 Å². The summed E-state index contributed by atoms with van der Waals surface area (Å²) in [5, 5.41) is 8.04. The minimum Gasteiger partial charge on any atom is -0.312 e. The number of rotatable bonds is 7. The zero-order valence-electron chi connectivity index (χ0n) is 13.6. The van der Waals surface area contributed by atoms with Crippen LogP contribution in [0.3, 0.4) is 0 Å². The average Bonchev–Trinajstić information content (AvgIpc) is 2.91. The Kier molecular flexibility index (Phi) is 5.51. The summed E-state index contributed by atoms with van der Waals surface area (Å²) < 4.78 is 1.96. The molecule has 0 unspecified atom stereocenters. The zero-order valence-corrected chi connectivity index (χ0v) is 13.6. The van der Waals surface area contributed by atoms with Crippen molar-refractivity contribution in [3.63, 3.8) is 0 Å². The van der Waals surface area contributed by atoms with E-state index in [0.29, 0.717) is 5.92 Å². The molecule has 4 nitrogen and oxygen atoms in total. The summed E-state index contributed by atoms with van der Waals surface area (Å²) in [6.45, 7) is 10.6. The molecule has 0 spiro atoms. The maximum absolute atomic E-state index is 4.57. The van der Waals surface area contributed by atoms with Crippen molar-refractivity contribution >= 4 is 0 Å². The van der Waals surface area contributed by atoms with Gasteiger partial charge in [0.15, 0.2) is 5.82 Å². The van der Waals surface area contributed by atoms with Crippen LogP contribution in [0.4, 0.5) is 0 Å². The van der Waals surface area contributed by atoms with Gasteiger partial charge in [-0.25, -0.2) is 9.67 Å². The fourth-order valence-electron chi connectivity index (χ4n) is 2.24. The van der Waals surface area contributed by atoms with Gasteiger partial charge in [-0.05, 0) is 30.2 Å². The fraction of sp³-hybridized carbons (Fsp3) is 0.529. The molecule has 0 bridgehead atoms. The second-order valence-corrected chi connectivity index (χ2v) is 5.75. The molecule has 2 aromatic rings. The number of hydrogen-bond donors (Lipinski definition) is 1. The first-order valence-corrected chi connectivity index (χ1v) is 7.88. The molecule has 1 aromatic carbocycles. The average molecular weight is 286 g/mol. The summed E-state index contributed by atoms with van der Waals surface area (Å²) in [5.41, 5.74) is 2.39. The fourth-order valence-corrected chi connectivity index (χ4v) is 2.24. The van der Waals surface area contributed by atoms with Crippen molar-refractivity contribution in [3.05, 3.63) is 41.5 Å². The van der Waals surface area contributed by atoms with Crippen LogP contribution in [-0.2, 0) is 19.4 Å². The van der Waals surface area contributed by atoms with Crippen molar-refractivity contribution in [2.24, 2.45) is 5.92 Å². The Morgan fingerprint density at radius 1 is 1.10 bits per heavy atom. The summed E-state index contributed by atoms with van der Waals surface area (Å²) in [4.78, 5) is 4.55. The third kappa shape index (κ3) is 4.14. The van der Waals surface area contributed by atoms with Gasteiger partial charge in [0.25, 0.3) is 0 Å². The predicted octanol–water partition coefficient (Wildman–Crippen LogP) is 3.14. The molecule has 21 heavy (non-hydrogen) atoms. The molecule has 2 rings (SSSR count). The summed E-state index contributed by atoms with van der Waals surface area (Å²) >= 11 is 0. The van der Waals surface area contributed by atoms with Crippen molar-refractivity contribution in [1.29, 1.82) is 0 Å². The molecular weight excluding hydrogens is 260 g/mol. The molecule has 0 aliphatic rings. The van der Waals surface area contributed by atoms with Crippen LogP contribution in [-0.4, -0.2) is 21.3 Å². The van der Waals surface area contributed by atoms with Gasteiger partial charge in [0.2, 0.25) is 0 Å². The number of hydrogen-bond acceptors (Lipinski definition) is 3. The van der Waals surface area contributed by atoms with Crippen LogP contribution in [0.1, 0.15) is 44.9 Å². The largest absolute Gasteiger partial charge is 0.312 e. The molecule has 0 amide bonds. The van der Waals surface area contributed by atoms with Gasteiger partial charge in [0, 0.05) is 19.4 Å². The molecule has 0 atom stereocenters. The Balaban J connectivity index is 2.09. The van der Waals surface area contributed by atoms with Gasteiger partial charge in [0.05, 0.1) is 5.69 Å². The SMILES string of the molecule is CCc1nc(CC)n(-c2ccc(CNCC(C)C)cc2)n1. The first-order chi connectivity index (χ1) is 10.1. The van der Waals surface area contributed by atoms with E-state index in [1.54, 1.807) is 0 Å². The Morgan fingerprint density at radius 3 is 2.38 bits per heavy atom. The van der Waals surface area contributed by atoms with E-state index in [1.807, 2.05) is 4.68 Å². The Hall–Kier alpha value is -1.68. The molecule has 0 fully saturated rings. The van der Waals surface area contributed by atoms with Gasteiger partial charge in [-0.3, -0.25) is 0 Å². The normalized spacial score (nSPS) is 11.3. The van der Waals surface area contributed by atoms with Crippen LogP contribution >= 0.6 is 0 Å². The summed E-state index contributed by atoms with van der Waals surface area (Å²) in [6, 6.07) is 8.57. The Bertz CT molecular complexity index is 555. The first-order valence-electron chi connectivity index (χ1n) is 7.88. The van der Waals surface area contributed by atoms with Gasteiger partial charge >= 0.3 is 0 Å². The smallest absolute Gasteiger partial charge is 0.151 e. The molecule has 0 saturated carbocycles. The summed E-state index contributed by atoms with van der Waals surface area (Å²) in [6.07, 6.45) is 1.77. The van der Waals surface area contributed by atoms with Crippen LogP contribution in [0.2, 0.25) is 0 Å². The van der Waals surface area contributed by atoms with Gasteiger partial charge in [-0.2, -0.15) is 5.10 Å². The number of benzene rings is 1. The van der Waals surface area contributed by atoms with Crippen LogP contribution in [0.15, 0.2) is 24.3 Å². The number of nitrogens with zero attached hydrogens (tertiary/aromatic N) is 3. The molecule has 0 aliphatic heterocycles. The standard InChI is InChI=1S/C17H26N4/c1-5-16-19-17(6-2)21(20-16)15-9-7-14(8-10-15)12-18-11-13(3)4/h7-10,13,18H,5-6,11-12H2,1-4H3. The van der Waals surface area contributed by atoms with E-state index >= 15 is 0 Å². The summed E-state index contributed by atoms with van der Waals surface area (Å²) in [5.74, 6) is 2.62. The molecule has 0 radical (unpaired) electrons. The van der Waals surface area contributed by atoms with E-state index in [0.717, 1.165) is 43.3 Å². The van der Waals surface area contributed by atoms with Gasteiger partial charge in [-0.1, -0.05) is 39.8 Å². The quantitative estimate of drug-likeness (QED) is 0.850. The number of aromatic nitrogens is 3. The molecule has 4 heteroatoms. The lowest BCUT2D eigenvalue weighted by atomic mass is 10.2. The Labute approximate surface area is 127 Å². The lowest BCUT2D eigenvalue weighted by molar-refractivity contribution is 0.552. The maximum Gasteiger partial charge on any atom is 0.151 e. The van der Waals surface area contributed by atoms with Gasteiger partial charge in [-0.15, -0.1) is 0 Å². The van der Waals surface area contributed by atoms with Gasteiger partial charge in [0.1, 0.15) is 5.82 Å². The zero-order chi connectivity index (χ0) is 15.2. The predicted molar refractivity (Wildman–Crippen MR) is 86.7 cm³/mol. The molecular formula is C17H26N4. The number of aryl methyl sites for hydroxylation is 2. The van der Waals surface area contributed by atoms with E-state index in [4.69, 9.17) is 0 Å². The lowest BCUT2D eigenvalue weighted by Crippen LogP contribution is -2.18. The molecule has 114 valence electrons. The Morgan fingerprint density at radius 2 is 1.81 bits per heavy atom. The van der Waals surface area contributed by atoms with Crippen molar-refractivity contribution < 1.29 is 0 Å². The molecule has 1 aromatic heterocycles. The highest BCUT2D eigenvalue weighted by molar-refractivity contribution is 5.34. The third-order valence-corrected chi connectivity index (χ3v) is 3.41. The van der Waals surface area contributed by atoms with Crippen molar-refractivity contribution in [3.8, 4) is 5.69 Å². The van der Waals surface area contributed by atoms with E-state index in [1.165, 1.54) is 5.56 Å². The van der Waals surface area contributed by atoms with Crippen molar-refractivity contribution in [2.45, 2.75) is 47.1 Å². The minimum absolute atomic E-state index is 0.680. The second-order valence-electron chi connectivity index (χ2n) is 5.75. The second kappa shape index (κ2) is 7.36. The molecule has 0 saturated heterocycles. The van der Waals surface area contributed by atoms with Crippen molar-refractivity contribution in [1.82, 2.24) is 20.1 Å². The highest BCUT2D eigenvalue weighted by Gasteiger charge is 2.08. The van der Waals surface area contributed by atoms with E-state index in [-0.39, 0.29) is 0 Å². The van der Waals surface area contributed by atoms with E-state index < -0.39 is 0 Å². The summed E-state index contributed by atoms with van der Waals surface area (Å²) in [7, 11) is 0. The van der Waals surface area contributed by atoms with E-state index in [9.17, 15) is 0 Å². The highest BCUT2D eigenvalue weighted by atomic mass is 15.3. The monoisotopic (exact) mass is 286 g/mol. The van der Waals surface area contributed by atoms with Gasteiger partial charge < -0.3 is 5.32 Å². The maximum atomic E-state index is 4.57. The third-order valence-electron chi connectivity index (χ3n) is 3.41. The molecule has 0 aliphatic carbocycles. The minimum atomic E-state index is 0.680. The van der Waals surface area contributed by atoms with Crippen molar-refractivity contribution in [2.75, 3.05) is 6.54 Å². The van der Waals surface area contributed by atoms with Crippen LogP contribution in [0, 0.1) is 5.92 Å².